The minimum atomic E-state index is 0.335. The van der Waals surface area contributed by atoms with Gasteiger partial charge in [-0.2, -0.15) is 0 Å². The predicted molar refractivity (Wildman–Crippen MR) is 88.2 cm³/mol. The van der Waals surface area contributed by atoms with Crippen molar-refractivity contribution in [2.75, 3.05) is 19.9 Å². The molecule has 18 heavy (non-hydrogen) atoms. The minimum Gasteiger partial charge on any atom is -0.322 e. The van der Waals surface area contributed by atoms with E-state index in [1.807, 2.05) is 0 Å². The molecule has 0 aliphatic rings. The van der Waals surface area contributed by atoms with E-state index < -0.39 is 0 Å². The van der Waals surface area contributed by atoms with Gasteiger partial charge in [0.25, 0.3) is 0 Å². The molecule has 0 saturated heterocycles. The van der Waals surface area contributed by atoms with Crippen LogP contribution >= 0.6 is 0 Å². The van der Waals surface area contributed by atoms with Crippen molar-refractivity contribution in [1.82, 2.24) is 4.90 Å². The molecular weight excluding hydrogens is 216 g/mol. The third-order valence-electron chi connectivity index (χ3n) is 5.12. The molecule has 0 aliphatic heterocycles. The summed E-state index contributed by atoms with van der Waals surface area (Å²) in [6.45, 7) is 18.7. The maximum Gasteiger partial charge on any atom is 0.144 e. The summed E-state index contributed by atoms with van der Waals surface area (Å²) in [5.74, 6) is 1.46. The van der Waals surface area contributed by atoms with Crippen molar-refractivity contribution in [3.8, 4) is 0 Å². The molecule has 0 aromatic rings. The number of hydrogen-bond acceptors (Lipinski definition) is 1. The molecule has 105 valence electrons. The second-order valence-electron chi connectivity index (χ2n) is 7.84. The zero-order valence-electron chi connectivity index (χ0n) is 14.3. The van der Waals surface area contributed by atoms with Crippen LogP contribution in [0.15, 0.2) is 0 Å². The summed E-state index contributed by atoms with van der Waals surface area (Å²) in [6, 6.07) is 0. The van der Waals surface area contributed by atoms with Crippen molar-refractivity contribution in [2.24, 2.45) is 11.8 Å². The molecule has 0 bridgehead atoms. The highest BCUT2D eigenvalue weighted by atomic mass is 15.1. The monoisotopic (exact) mass is 250 g/mol. The summed E-state index contributed by atoms with van der Waals surface area (Å²) in [4.78, 5) is 2.45. The van der Waals surface area contributed by atoms with Crippen LogP contribution in [0, 0.1) is 11.8 Å². The zero-order valence-corrected chi connectivity index (χ0v) is 14.3. The van der Waals surface area contributed by atoms with Crippen molar-refractivity contribution in [3.63, 3.8) is 0 Å². The van der Waals surface area contributed by atoms with Gasteiger partial charge in [0, 0.05) is 0 Å². The van der Waals surface area contributed by atoms with Gasteiger partial charge in [-0.25, -0.2) is 0 Å². The molecule has 0 N–H and O–H groups in total. The van der Waals surface area contributed by atoms with Gasteiger partial charge in [0.15, 0.2) is 0 Å². The van der Waals surface area contributed by atoms with Crippen molar-refractivity contribution in [1.29, 1.82) is 0 Å². The van der Waals surface area contributed by atoms with E-state index in [-0.39, 0.29) is 0 Å². The topological polar surface area (TPSA) is 3.24 Å². The van der Waals surface area contributed by atoms with E-state index >= 15 is 0 Å². The average molecular weight is 250 g/mol. The van der Waals surface area contributed by atoms with E-state index in [0.717, 1.165) is 12.4 Å². The first-order valence-corrected chi connectivity index (χ1v) is 7.52. The molecule has 0 saturated carbocycles. The SMILES string of the molecule is CC(C)C(C)(C)[B]CN(C)CBC(C)(C)C(C)C. The molecule has 0 atom stereocenters. The molecule has 0 rings (SSSR count). The van der Waals surface area contributed by atoms with Gasteiger partial charge < -0.3 is 4.90 Å². The van der Waals surface area contributed by atoms with E-state index in [0.29, 0.717) is 16.5 Å². The van der Waals surface area contributed by atoms with Gasteiger partial charge in [0.2, 0.25) is 0 Å². The van der Waals surface area contributed by atoms with Crippen LogP contribution in [0.3, 0.4) is 0 Å². The molecule has 0 heterocycles. The van der Waals surface area contributed by atoms with Gasteiger partial charge in [-0.3, -0.25) is 0 Å². The molecule has 0 unspecified atom stereocenters. The summed E-state index contributed by atoms with van der Waals surface area (Å²) in [5.41, 5.74) is 0. The lowest BCUT2D eigenvalue weighted by Gasteiger charge is -2.33. The Morgan fingerprint density at radius 2 is 1.50 bits per heavy atom. The van der Waals surface area contributed by atoms with Gasteiger partial charge in [0.1, 0.15) is 14.6 Å². The van der Waals surface area contributed by atoms with Crippen molar-refractivity contribution < 1.29 is 0 Å². The summed E-state index contributed by atoms with van der Waals surface area (Å²) in [7, 11) is 5.99. The largest absolute Gasteiger partial charge is 0.322 e. The van der Waals surface area contributed by atoms with Gasteiger partial charge >= 0.3 is 0 Å². The minimum absolute atomic E-state index is 0.335. The van der Waals surface area contributed by atoms with Crippen LogP contribution in [-0.2, 0) is 0 Å². The highest BCUT2D eigenvalue weighted by Crippen LogP contribution is 2.33. The van der Waals surface area contributed by atoms with Crippen LogP contribution in [0.2, 0.25) is 10.6 Å². The van der Waals surface area contributed by atoms with E-state index in [4.69, 9.17) is 0 Å². The molecule has 1 radical (unpaired) electrons. The van der Waals surface area contributed by atoms with Crippen LogP contribution < -0.4 is 0 Å². The first kappa shape index (κ1) is 18.1. The third kappa shape index (κ3) is 6.31. The molecule has 0 aromatic heterocycles. The lowest BCUT2D eigenvalue weighted by atomic mass is 9.48. The molecule has 0 aromatic carbocycles. The molecule has 1 nitrogen and oxygen atoms in total. The summed E-state index contributed by atoms with van der Waals surface area (Å²) in [6.07, 6.45) is 2.29. The summed E-state index contributed by atoms with van der Waals surface area (Å²) < 4.78 is 0. The molecule has 3 heteroatoms. The van der Waals surface area contributed by atoms with Gasteiger partial charge in [-0.05, 0) is 31.8 Å². The van der Waals surface area contributed by atoms with E-state index in [9.17, 15) is 0 Å². The first-order valence-electron chi connectivity index (χ1n) is 7.52. The fourth-order valence-electron chi connectivity index (χ4n) is 1.49. The van der Waals surface area contributed by atoms with Crippen LogP contribution in [-0.4, -0.2) is 39.4 Å². The van der Waals surface area contributed by atoms with Crippen LogP contribution in [0.1, 0.15) is 55.4 Å². The smallest absolute Gasteiger partial charge is 0.144 e. The van der Waals surface area contributed by atoms with Crippen LogP contribution in [0.5, 0.6) is 0 Å². The first-order chi connectivity index (χ1) is 7.99. The van der Waals surface area contributed by atoms with Gasteiger partial charge in [0.05, 0.1) is 0 Å². The molecule has 0 amide bonds. The Kier molecular flexibility index (Phi) is 7.06. The van der Waals surface area contributed by atoms with Crippen molar-refractivity contribution in [3.05, 3.63) is 0 Å². The third-order valence-corrected chi connectivity index (χ3v) is 5.12. The summed E-state index contributed by atoms with van der Waals surface area (Å²) in [5, 5.41) is 0.781. The normalized spacial score (nSPS) is 13.6. The highest BCUT2D eigenvalue weighted by molar-refractivity contribution is 6.41. The maximum atomic E-state index is 2.47. The fourth-order valence-corrected chi connectivity index (χ4v) is 1.49. The standard InChI is InChI=1S/C15H34B2N/c1-12(2)14(5,6)16-10-18(9)11-17-15(7,8)13(3)4/h12-13,16H,10-11H2,1-9H3. The van der Waals surface area contributed by atoms with E-state index in [1.165, 1.54) is 13.7 Å². The predicted octanol–water partition coefficient (Wildman–Crippen LogP) is 3.68. The lowest BCUT2D eigenvalue weighted by molar-refractivity contribution is 0.409. The number of rotatable bonds is 8. The molecule has 0 fully saturated rings. The molecular formula is C15H34B2N. The van der Waals surface area contributed by atoms with Crippen LogP contribution in [0.25, 0.3) is 0 Å². The summed E-state index contributed by atoms with van der Waals surface area (Å²) >= 11 is 0. The van der Waals surface area contributed by atoms with Crippen molar-refractivity contribution >= 4 is 14.6 Å². The average Bonchev–Trinajstić information content (AvgIpc) is 2.23. The fraction of sp³-hybridized carbons (Fsp3) is 1.00. The zero-order chi connectivity index (χ0) is 14.6. The Morgan fingerprint density at radius 1 is 1.00 bits per heavy atom. The maximum absolute atomic E-state index is 2.47. The number of nitrogens with zero attached hydrogens (tertiary/aromatic N) is 1. The Balaban J connectivity index is 4.03. The van der Waals surface area contributed by atoms with Gasteiger partial charge in [-0.15, -0.1) is 0 Å². The van der Waals surface area contributed by atoms with Crippen molar-refractivity contribution in [2.45, 2.75) is 66.0 Å². The quantitative estimate of drug-likeness (QED) is 0.594. The Hall–Kier alpha value is 0.0899. The molecule has 0 aliphatic carbocycles. The Morgan fingerprint density at radius 3 is 1.89 bits per heavy atom. The second kappa shape index (κ2) is 7.03. The second-order valence-corrected chi connectivity index (χ2v) is 7.84. The highest BCUT2D eigenvalue weighted by Gasteiger charge is 2.26. The Bertz CT molecular complexity index is 211. The van der Waals surface area contributed by atoms with E-state index in [1.54, 1.807) is 0 Å². The van der Waals surface area contributed by atoms with Gasteiger partial charge in [-0.1, -0.05) is 66.0 Å². The molecule has 0 spiro atoms. The van der Waals surface area contributed by atoms with Crippen LogP contribution in [0.4, 0.5) is 0 Å². The lowest BCUT2D eigenvalue weighted by Crippen LogP contribution is -2.36. The number of hydrogen-bond donors (Lipinski definition) is 0. The Labute approximate surface area is 118 Å². The van der Waals surface area contributed by atoms with E-state index in [2.05, 4.69) is 74.6 Å².